The highest BCUT2D eigenvalue weighted by Crippen LogP contribution is 2.32. The predicted molar refractivity (Wildman–Crippen MR) is 111 cm³/mol. The Morgan fingerprint density at radius 1 is 0.929 bits per heavy atom. The second kappa shape index (κ2) is 7.56. The molecule has 0 saturated heterocycles. The molecule has 0 spiro atoms. The molecule has 5 nitrogen and oxygen atoms in total. The van der Waals surface area contributed by atoms with Crippen LogP contribution in [0.15, 0.2) is 76.0 Å². The number of furan rings is 1. The highest BCUT2D eigenvalue weighted by molar-refractivity contribution is 7.92. The Morgan fingerprint density at radius 3 is 2.54 bits per heavy atom. The van der Waals surface area contributed by atoms with Crippen LogP contribution in [0.1, 0.15) is 19.8 Å². The van der Waals surface area contributed by atoms with Gasteiger partial charge in [-0.1, -0.05) is 43.7 Å². The number of hydrogen-bond donors (Lipinski definition) is 1. The number of sulfonamides is 1. The summed E-state index contributed by atoms with van der Waals surface area (Å²) >= 11 is 0. The molecule has 1 aromatic heterocycles. The molecule has 0 saturated carbocycles. The van der Waals surface area contributed by atoms with Crippen molar-refractivity contribution in [1.82, 2.24) is 0 Å². The fourth-order valence-corrected chi connectivity index (χ4v) is 4.18. The third-order valence-corrected chi connectivity index (χ3v) is 5.91. The highest BCUT2D eigenvalue weighted by atomic mass is 32.2. The van der Waals surface area contributed by atoms with Gasteiger partial charge in [-0.15, -0.1) is 0 Å². The van der Waals surface area contributed by atoms with Crippen LogP contribution >= 0.6 is 0 Å². The van der Waals surface area contributed by atoms with Crippen molar-refractivity contribution in [2.45, 2.75) is 24.7 Å². The quantitative estimate of drug-likeness (QED) is 0.416. The normalized spacial score (nSPS) is 11.8. The summed E-state index contributed by atoms with van der Waals surface area (Å²) in [6.07, 6.45) is 1.91. The van der Waals surface area contributed by atoms with E-state index in [1.54, 1.807) is 36.4 Å². The molecular weight excluding hydrogens is 374 g/mol. The van der Waals surface area contributed by atoms with Crippen LogP contribution in [0.5, 0.6) is 5.75 Å². The van der Waals surface area contributed by atoms with Crippen LogP contribution in [0.3, 0.4) is 0 Å². The molecule has 0 amide bonds. The summed E-state index contributed by atoms with van der Waals surface area (Å²) < 4.78 is 40.1. The van der Waals surface area contributed by atoms with E-state index in [2.05, 4.69) is 11.6 Å². The van der Waals surface area contributed by atoms with E-state index in [0.29, 0.717) is 23.6 Å². The number of ether oxygens (including phenoxy) is 1. The number of unbranched alkanes of at least 4 members (excludes halogenated alkanes) is 1. The van der Waals surface area contributed by atoms with Crippen LogP contribution in [-0.4, -0.2) is 15.0 Å². The molecule has 0 atom stereocenters. The summed E-state index contributed by atoms with van der Waals surface area (Å²) in [7, 11) is -3.78. The monoisotopic (exact) mass is 395 g/mol. The van der Waals surface area contributed by atoms with Crippen molar-refractivity contribution in [1.29, 1.82) is 0 Å². The molecule has 0 radical (unpaired) electrons. The van der Waals surface area contributed by atoms with Crippen molar-refractivity contribution < 1.29 is 17.6 Å². The minimum atomic E-state index is -3.78. The van der Waals surface area contributed by atoms with E-state index in [1.807, 2.05) is 30.3 Å². The van der Waals surface area contributed by atoms with Crippen LogP contribution in [0.25, 0.3) is 21.9 Å². The van der Waals surface area contributed by atoms with Gasteiger partial charge in [-0.05, 0) is 42.8 Å². The summed E-state index contributed by atoms with van der Waals surface area (Å²) in [6.45, 7) is 2.62. The molecule has 4 rings (SSSR count). The molecule has 0 aliphatic heterocycles. The van der Waals surface area contributed by atoms with Gasteiger partial charge in [-0.2, -0.15) is 0 Å². The fraction of sp³-hybridized carbons (Fsp3) is 0.182. The third kappa shape index (κ3) is 3.55. The van der Waals surface area contributed by atoms with Gasteiger partial charge < -0.3 is 9.15 Å². The number of fused-ring (bicyclic) bond motifs is 3. The Labute approximate surface area is 164 Å². The number of para-hydroxylation sites is 3. The smallest absolute Gasteiger partial charge is 0.262 e. The van der Waals surface area contributed by atoms with Crippen molar-refractivity contribution in [2.24, 2.45) is 0 Å². The van der Waals surface area contributed by atoms with E-state index in [0.717, 1.165) is 29.2 Å². The summed E-state index contributed by atoms with van der Waals surface area (Å²) in [6, 6.07) is 19.5. The molecule has 6 heteroatoms. The molecular formula is C22H21NO4S. The lowest BCUT2D eigenvalue weighted by Gasteiger charge is -2.13. The zero-order valence-electron chi connectivity index (χ0n) is 15.5. The number of benzene rings is 3. The average molecular weight is 395 g/mol. The first kappa shape index (κ1) is 18.4. The topological polar surface area (TPSA) is 68.5 Å². The highest BCUT2D eigenvalue weighted by Gasteiger charge is 2.18. The predicted octanol–water partition coefficient (Wildman–Crippen LogP) is 5.57. The zero-order valence-corrected chi connectivity index (χ0v) is 16.3. The van der Waals surface area contributed by atoms with Crippen molar-refractivity contribution in [3.63, 3.8) is 0 Å². The zero-order chi connectivity index (χ0) is 19.6. The minimum absolute atomic E-state index is 0.176. The van der Waals surface area contributed by atoms with Gasteiger partial charge >= 0.3 is 0 Å². The molecule has 0 unspecified atom stereocenters. The number of rotatable bonds is 7. The molecule has 4 aromatic rings. The second-order valence-electron chi connectivity index (χ2n) is 6.56. The van der Waals surface area contributed by atoms with Gasteiger partial charge in [0, 0.05) is 10.8 Å². The van der Waals surface area contributed by atoms with E-state index in [9.17, 15) is 8.42 Å². The Bertz CT molecular complexity index is 1230. The van der Waals surface area contributed by atoms with Gasteiger partial charge in [0.25, 0.3) is 10.0 Å². The van der Waals surface area contributed by atoms with Crippen molar-refractivity contribution in [3.8, 4) is 5.75 Å². The first-order chi connectivity index (χ1) is 13.6. The lowest BCUT2D eigenvalue weighted by Crippen LogP contribution is -2.14. The van der Waals surface area contributed by atoms with Crippen LogP contribution in [-0.2, 0) is 10.0 Å². The van der Waals surface area contributed by atoms with Crippen LogP contribution in [0, 0.1) is 0 Å². The van der Waals surface area contributed by atoms with E-state index in [1.165, 1.54) is 0 Å². The standard InChI is InChI=1S/C22H21NO4S/c1-2-3-14-26-22-11-7-5-9-19(22)23-28(24,25)16-12-13-21-18(15-16)17-8-4-6-10-20(17)27-21/h4-13,15,23H,2-3,14H2,1H3. The van der Waals surface area contributed by atoms with Gasteiger partial charge in [-0.3, -0.25) is 4.72 Å². The van der Waals surface area contributed by atoms with E-state index < -0.39 is 10.0 Å². The first-order valence-corrected chi connectivity index (χ1v) is 10.7. The maximum absolute atomic E-state index is 13.0. The molecule has 0 aliphatic carbocycles. The maximum atomic E-state index is 13.0. The molecule has 0 bridgehead atoms. The molecule has 1 heterocycles. The number of anilines is 1. The van der Waals surface area contributed by atoms with E-state index >= 15 is 0 Å². The Kier molecular flexibility index (Phi) is 4.96. The van der Waals surface area contributed by atoms with Gasteiger partial charge in [-0.25, -0.2) is 8.42 Å². The van der Waals surface area contributed by atoms with Crippen molar-refractivity contribution in [3.05, 3.63) is 66.7 Å². The SMILES string of the molecule is CCCCOc1ccccc1NS(=O)(=O)c1ccc2oc3ccccc3c2c1. The van der Waals surface area contributed by atoms with Crippen molar-refractivity contribution >= 4 is 37.6 Å². The molecule has 0 aliphatic rings. The third-order valence-electron chi connectivity index (χ3n) is 4.55. The van der Waals surface area contributed by atoms with Gasteiger partial charge in [0.2, 0.25) is 0 Å². The summed E-state index contributed by atoms with van der Waals surface area (Å²) in [4.78, 5) is 0.176. The van der Waals surface area contributed by atoms with Gasteiger partial charge in [0.15, 0.2) is 0 Å². The summed E-state index contributed by atoms with van der Waals surface area (Å²) in [5, 5.41) is 1.66. The van der Waals surface area contributed by atoms with E-state index in [-0.39, 0.29) is 4.90 Å². The van der Waals surface area contributed by atoms with Gasteiger partial charge in [0.05, 0.1) is 17.2 Å². The lowest BCUT2D eigenvalue weighted by atomic mass is 10.1. The lowest BCUT2D eigenvalue weighted by molar-refractivity contribution is 0.311. The average Bonchev–Trinajstić information content (AvgIpc) is 3.07. The molecule has 0 fully saturated rings. The van der Waals surface area contributed by atoms with Crippen LogP contribution in [0.4, 0.5) is 5.69 Å². The molecule has 3 aromatic carbocycles. The first-order valence-electron chi connectivity index (χ1n) is 9.24. The summed E-state index contributed by atoms with van der Waals surface area (Å²) in [5.41, 5.74) is 1.81. The molecule has 144 valence electrons. The fourth-order valence-electron chi connectivity index (χ4n) is 3.08. The van der Waals surface area contributed by atoms with Crippen LogP contribution < -0.4 is 9.46 Å². The Hall–Kier alpha value is -2.99. The Balaban J connectivity index is 1.68. The number of hydrogen-bond acceptors (Lipinski definition) is 4. The van der Waals surface area contributed by atoms with Crippen LogP contribution in [0.2, 0.25) is 0 Å². The van der Waals surface area contributed by atoms with Gasteiger partial charge in [0.1, 0.15) is 16.9 Å². The minimum Gasteiger partial charge on any atom is -0.491 e. The van der Waals surface area contributed by atoms with E-state index in [4.69, 9.17) is 9.15 Å². The largest absolute Gasteiger partial charge is 0.491 e. The number of nitrogens with one attached hydrogen (secondary N) is 1. The molecule has 28 heavy (non-hydrogen) atoms. The second-order valence-corrected chi connectivity index (χ2v) is 8.24. The summed E-state index contributed by atoms with van der Waals surface area (Å²) in [5.74, 6) is 0.523. The molecule has 1 N–H and O–H groups in total. The Morgan fingerprint density at radius 2 is 1.68 bits per heavy atom. The maximum Gasteiger partial charge on any atom is 0.262 e. The van der Waals surface area contributed by atoms with Crippen molar-refractivity contribution in [2.75, 3.05) is 11.3 Å².